The van der Waals surface area contributed by atoms with Gasteiger partial charge in [0.15, 0.2) is 0 Å². The van der Waals surface area contributed by atoms with E-state index in [2.05, 4.69) is 30.6 Å². The van der Waals surface area contributed by atoms with Crippen molar-refractivity contribution < 1.29 is 8.78 Å². The van der Waals surface area contributed by atoms with Crippen LogP contribution in [0.25, 0.3) is 0 Å². The van der Waals surface area contributed by atoms with Gasteiger partial charge in [0.2, 0.25) is 0 Å². The van der Waals surface area contributed by atoms with Crippen LogP contribution in [0.2, 0.25) is 0 Å². The lowest BCUT2D eigenvalue weighted by Gasteiger charge is -2.03. The van der Waals surface area contributed by atoms with Crippen molar-refractivity contribution in [1.82, 2.24) is 0 Å². The minimum atomic E-state index is -0.418. The largest absolute Gasteiger partial charge is 0.207 e. The molecule has 3 aromatic rings. The maximum atomic E-state index is 14.4. The Bertz CT molecular complexity index is 1130. The highest BCUT2D eigenvalue weighted by Gasteiger charge is 2.03. The van der Waals surface area contributed by atoms with Crippen molar-refractivity contribution >= 4 is 0 Å². The molecule has 0 spiro atoms. The Morgan fingerprint density at radius 3 is 1.90 bits per heavy atom. The van der Waals surface area contributed by atoms with E-state index in [0.29, 0.717) is 16.7 Å². The van der Waals surface area contributed by atoms with Gasteiger partial charge in [-0.2, -0.15) is 0 Å². The van der Waals surface area contributed by atoms with E-state index >= 15 is 0 Å². The molecule has 0 heterocycles. The molecule has 2 heteroatoms. The van der Waals surface area contributed by atoms with Crippen LogP contribution in [0.3, 0.4) is 0 Å². The summed E-state index contributed by atoms with van der Waals surface area (Å²) < 4.78 is 28.6. The molecular formula is C28H24F2. The molecule has 0 saturated carbocycles. The summed E-state index contributed by atoms with van der Waals surface area (Å²) in [6.07, 6.45) is 3.93. The number of hydrogen-bond donors (Lipinski definition) is 0. The molecule has 0 radical (unpaired) electrons. The first kappa shape index (κ1) is 21.4. The number of halogens is 2. The molecule has 0 aromatic heterocycles. The van der Waals surface area contributed by atoms with Gasteiger partial charge < -0.3 is 0 Å². The summed E-state index contributed by atoms with van der Waals surface area (Å²) >= 11 is 0. The van der Waals surface area contributed by atoms with Gasteiger partial charge in [0, 0.05) is 16.7 Å². The predicted octanol–water partition coefficient (Wildman–Crippen LogP) is 6.81. The normalized spacial score (nSPS) is 10.0. The smallest absolute Gasteiger partial charge is 0.140 e. The maximum absolute atomic E-state index is 14.4. The third-order valence-electron chi connectivity index (χ3n) is 4.82. The highest BCUT2D eigenvalue weighted by atomic mass is 19.1. The Kier molecular flexibility index (Phi) is 7.42. The van der Waals surface area contributed by atoms with Crippen molar-refractivity contribution in [2.75, 3.05) is 0 Å². The molecular weight excluding hydrogens is 374 g/mol. The third kappa shape index (κ3) is 6.07. The molecule has 0 saturated heterocycles. The van der Waals surface area contributed by atoms with E-state index in [-0.39, 0.29) is 5.82 Å². The van der Waals surface area contributed by atoms with E-state index in [1.54, 1.807) is 18.2 Å². The average molecular weight is 398 g/mol. The summed E-state index contributed by atoms with van der Waals surface area (Å²) in [5.74, 6) is 11.0. The van der Waals surface area contributed by atoms with Crippen molar-refractivity contribution in [1.29, 1.82) is 0 Å². The second-order valence-corrected chi connectivity index (χ2v) is 7.32. The second-order valence-electron chi connectivity index (χ2n) is 7.32. The quantitative estimate of drug-likeness (QED) is 0.335. The third-order valence-corrected chi connectivity index (χ3v) is 4.82. The lowest BCUT2D eigenvalue weighted by atomic mass is 10.0. The summed E-state index contributed by atoms with van der Waals surface area (Å²) in [6.45, 7) is 4.13. The molecule has 0 N–H and O–H groups in total. The molecule has 0 bridgehead atoms. The summed E-state index contributed by atoms with van der Waals surface area (Å²) in [4.78, 5) is 0. The lowest BCUT2D eigenvalue weighted by molar-refractivity contribution is 0.598. The molecule has 0 aliphatic rings. The lowest BCUT2D eigenvalue weighted by Crippen LogP contribution is -1.92. The van der Waals surface area contributed by atoms with Gasteiger partial charge in [-0.3, -0.25) is 0 Å². The van der Waals surface area contributed by atoms with Crippen LogP contribution < -0.4 is 0 Å². The molecule has 150 valence electrons. The van der Waals surface area contributed by atoms with Gasteiger partial charge in [-0.05, 0) is 67.8 Å². The summed E-state index contributed by atoms with van der Waals surface area (Å²) in [5, 5.41) is 0. The Hall–Kier alpha value is -3.36. The first-order valence-corrected chi connectivity index (χ1v) is 10.2. The minimum absolute atomic E-state index is 0.231. The van der Waals surface area contributed by atoms with Crippen molar-refractivity contribution in [2.45, 2.75) is 39.5 Å². The highest BCUT2D eigenvalue weighted by Crippen LogP contribution is 2.14. The van der Waals surface area contributed by atoms with Crippen molar-refractivity contribution in [2.24, 2.45) is 0 Å². The van der Waals surface area contributed by atoms with Crippen molar-refractivity contribution in [3.63, 3.8) is 0 Å². The zero-order chi connectivity index (χ0) is 21.3. The Morgan fingerprint density at radius 1 is 0.667 bits per heavy atom. The molecule has 0 fully saturated rings. The second kappa shape index (κ2) is 10.4. The number of aryl methyl sites for hydroxylation is 2. The molecule has 30 heavy (non-hydrogen) atoms. The molecule has 0 unspecified atom stereocenters. The van der Waals surface area contributed by atoms with E-state index in [1.807, 2.05) is 37.3 Å². The number of benzene rings is 3. The number of hydrogen-bond acceptors (Lipinski definition) is 0. The maximum Gasteiger partial charge on any atom is 0.140 e. The van der Waals surface area contributed by atoms with Gasteiger partial charge >= 0.3 is 0 Å². The van der Waals surface area contributed by atoms with Gasteiger partial charge in [0.25, 0.3) is 0 Å². The molecule has 3 aromatic carbocycles. The van der Waals surface area contributed by atoms with Crippen LogP contribution >= 0.6 is 0 Å². The Balaban J connectivity index is 1.72. The molecule has 0 nitrogen and oxygen atoms in total. The fourth-order valence-electron chi connectivity index (χ4n) is 3.01. The first-order chi connectivity index (χ1) is 14.5. The number of unbranched alkanes of at least 4 members (excludes halogenated alkanes) is 2. The first-order valence-electron chi connectivity index (χ1n) is 10.2. The Morgan fingerprint density at radius 2 is 1.27 bits per heavy atom. The monoisotopic (exact) mass is 398 g/mol. The summed E-state index contributed by atoms with van der Waals surface area (Å²) in [5.41, 5.74) is 4.14. The fourth-order valence-corrected chi connectivity index (χ4v) is 3.01. The number of rotatable bonds is 4. The zero-order valence-corrected chi connectivity index (χ0v) is 17.4. The van der Waals surface area contributed by atoms with E-state index in [4.69, 9.17) is 0 Å². The van der Waals surface area contributed by atoms with Crippen LogP contribution in [0.1, 0.15) is 59.6 Å². The van der Waals surface area contributed by atoms with Crippen molar-refractivity contribution in [3.05, 3.63) is 106 Å². The van der Waals surface area contributed by atoms with Gasteiger partial charge in [-0.15, -0.1) is 0 Å². The average Bonchev–Trinajstić information content (AvgIpc) is 2.74. The predicted molar refractivity (Wildman–Crippen MR) is 119 cm³/mol. The minimum Gasteiger partial charge on any atom is -0.207 e. The molecule has 3 rings (SSSR count). The molecule has 0 aliphatic carbocycles. The van der Waals surface area contributed by atoms with Crippen LogP contribution in [0.4, 0.5) is 8.78 Å². The van der Waals surface area contributed by atoms with E-state index in [0.717, 1.165) is 42.4 Å². The van der Waals surface area contributed by atoms with Crippen LogP contribution in [-0.4, -0.2) is 0 Å². The van der Waals surface area contributed by atoms with E-state index in [1.165, 1.54) is 12.1 Å². The Labute approximate surface area is 178 Å². The van der Waals surface area contributed by atoms with Crippen LogP contribution in [0.15, 0.2) is 60.7 Å². The standard InChI is InChI=1S/C28H24F2/c1-3-4-5-6-25-17-14-23(19-27(25)29)11-12-24-15-18-26(28(30)20-24)16-13-22-9-7-21(2)8-10-22/h7-10,14-15,17-20H,3-6H2,1-2H3. The van der Waals surface area contributed by atoms with Crippen LogP contribution in [0.5, 0.6) is 0 Å². The molecule has 0 atom stereocenters. The van der Waals surface area contributed by atoms with E-state index < -0.39 is 5.82 Å². The topological polar surface area (TPSA) is 0 Å². The van der Waals surface area contributed by atoms with Gasteiger partial charge in [0.05, 0.1) is 5.56 Å². The summed E-state index contributed by atoms with van der Waals surface area (Å²) in [7, 11) is 0. The summed E-state index contributed by atoms with van der Waals surface area (Å²) in [6, 6.07) is 17.5. The van der Waals surface area contributed by atoms with Crippen LogP contribution in [0, 0.1) is 42.2 Å². The van der Waals surface area contributed by atoms with E-state index in [9.17, 15) is 8.78 Å². The SMILES string of the molecule is CCCCCc1ccc(C#Cc2ccc(C#Cc3ccc(C)cc3)c(F)c2)cc1F. The van der Waals surface area contributed by atoms with Gasteiger partial charge in [0.1, 0.15) is 11.6 Å². The molecule has 0 aliphatic heterocycles. The van der Waals surface area contributed by atoms with Crippen molar-refractivity contribution in [3.8, 4) is 23.7 Å². The fraction of sp³-hybridized carbons (Fsp3) is 0.214. The molecule has 0 amide bonds. The van der Waals surface area contributed by atoms with Gasteiger partial charge in [-0.25, -0.2) is 8.78 Å². The highest BCUT2D eigenvalue weighted by molar-refractivity contribution is 5.49. The zero-order valence-electron chi connectivity index (χ0n) is 17.4. The van der Waals surface area contributed by atoms with Gasteiger partial charge in [-0.1, -0.05) is 67.2 Å². The van der Waals surface area contributed by atoms with Crippen LogP contribution in [-0.2, 0) is 6.42 Å².